The Balaban J connectivity index is 2.93. The van der Waals surface area contributed by atoms with Crippen molar-refractivity contribution in [2.45, 2.75) is 26.3 Å². The number of H-pyrrole nitrogens is 1. The molecule has 1 heterocycles. The molecule has 3 nitrogen and oxygen atoms in total. The lowest BCUT2D eigenvalue weighted by Gasteiger charge is -2.38. The minimum absolute atomic E-state index is 0.195. The normalized spacial score (nSPS) is 14.5. The van der Waals surface area contributed by atoms with Crippen molar-refractivity contribution in [1.82, 2.24) is 9.88 Å². The first-order valence-electron chi connectivity index (χ1n) is 5.48. The summed E-state index contributed by atoms with van der Waals surface area (Å²) in [6.45, 7) is 5.29. The molecule has 0 saturated heterocycles. The third kappa shape index (κ3) is 2.83. The third-order valence-electron chi connectivity index (χ3n) is 2.98. The summed E-state index contributed by atoms with van der Waals surface area (Å²) < 4.78 is 0. The molecular formula is C12H23N3. The maximum atomic E-state index is 5.68. The highest BCUT2D eigenvalue weighted by Crippen LogP contribution is 2.39. The molecule has 1 aromatic heterocycles. The second-order valence-corrected chi connectivity index (χ2v) is 5.04. The molecule has 0 aromatic carbocycles. The van der Waals surface area contributed by atoms with Crippen LogP contribution in [0.25, 0.3) is 0 Å². The summed E-state index contributed by atoms with van der Waals surface area (Å²) in [6, 6.07) is 2.55. The van der Waals surface area contributed by atoms with E-state index in [1.807, 2.05) is 6.20 Å². The molecule has 1 rings (SSSR count). The second-order valence-electron chi connectivity index (χ2n) is 5.04. The molecule has 86 valence electrons. The first-order chi connectivity index (χ1) is 6.99. The highest BCUT2D eigenvalue weighted by atomic mass is 15.1. The lowest BCUT2D eigenvalue weighted by molar-refractivity contribution is 0.129. The van der Waals surface area contributed by atoms with E-state index < -0.39 is 0 Å². The molecule has 1 atom stereocenters. The lowest BCUT2D eigenvalue weighted by Crippen LogP contribution is -2.34. The Hall–Kier alpha value is -0.800. The largest absolute Gasteiger partial charge is 0.367 e. The van der Waals surface area contributed by atoms with Crippen molar-refractivity contribution in [2.24, 2.45) is 11.1 Å². The molecule has 0 aliphatic rings. The fraction of sp³-hybridized carbons (Fsp3) is 0.667. The summed E-state index contributed by atoms with van der Waals surface area (Å²) in [5.41, 5.74) is 7.21. The number of nitrogens with zero attached hydrogens (tertiary/aromatic N) is 1. The number of nitrogens with one attached hydrogen (secondary N) is 1. The topological polar surface area (TPSA) is 45.0 Å². The number of aromatic nitrogens is 1. The van der Waals surface area contributed by atoms with Crippen molar-refractivity contribution < 1.29 is 0 Å². The predicted molar refractivity (Wildman–Crippen MR) is 64.7 cm³/mol. The molecular weight excluding hydrogens is 186 g/mol. The zero-order valence-corrected chi connectivity index (χ0v) is 10.2. The van der Waals surface area contributed by atoms with Crippen LogP contribution in [0.5, 0.6) is 0 Å². The molecule has 0 spiro atoms. The second kappa shape index (κ2) is 4.81. The van der Waals surface area contributed by atoms with Crippen molar-refractivity contribution in [3.63, 3.8) is 0 Å². The van der Waals surface area contributed by atoms with Crippen molar-refractivity contribution in [1.29, 1.82) is 0 Å². The van der Waals surface area contributed by atoms with E-state index in [1.165, 1.54) is 5.56 Å². The molecule has 0 radical (unpaired) electrons. The van der Waals surface area contributed by atoms with E-state index in [0.717, 1.165) is 13.0 Å². The summed E-state index contributed by atoms with van der Waals surface area (Å²) in [6.07, 6.45) is 5.08. The van der Waals surface area contributed by atoms with Crippen LogP contribution in [0.4, 0.5) is 0 Å². The van der Waals surface area contributed by atoms with Gasteiger partial charge in [-0.25, -0.2) is 0 Å². The van der Waals surface area contributed by atoms with Gasteiger partial charge in [-0.05, 0) is 44.1 Å². The standard InChI is InChI=1S/C12H23N3/c1-12(2,6-7-13)11(15(3)4)10-5-8-14-9-10/h5,8-9,11,14H,6-7,13H2,1-4H3. The monoisotopic (exact) mass is 209 g/mol. The van der Waals surface area contributed by atoms with Crippen LogP contribution in [0.15, 0.2) is 18.5 Å². The Morgan fingerprint density at radius 3 is 2.53 bits per heavy atom. The number of aromatic amines is 1. The summed E-state index contributed by atoms with van der Waals surface area (Å²) in [5, 5.41) is 0. The van der Waals surface area contributed by atoms with Crippen LogP contribution in [-0.2, 0) is 0 Å². The molecule has 0 fully saturated rings. The number of hydrogen-bond donors (Lipinski definition) is 2. The van der Waals surface area contributed by atoms with Gasteiger partial charge in [-0.1, -0.05) is 13.8 Å². The highest BCUT2D eigenvalue weighted by molar-refractivity contribution is 5.16. The molecule has 0 aliphatic carbocycles. The van der Waals surface area contributed by atoms with Gasteiger partial charge in [0.15, 0.2) is 0 Å². The van der Waals surface area contributed by atoms with E-state index >= 15 is 0 Å². The minimum Gasteiger partial charge on any atom is -0.367 e. The maximum absolute atomic E-state index is 5.68. The highest BCUT2D eigenvalue weighted by Gasteiger charge is 2.31. The fourth-order valence-corrected chi connectivity index (χ4v) is 2.46. The van der Waals surface area contributed by atoms with Gasteiger partial charge in [0.2, 0.25) is 0 Å². The van der Waals surface area contributed by atoms with Gasteiger partial charge in [0.25, 0.3) is 0 Å². The van der Waals surface area contributed by atoms with Gasteiger partial charge in [0, 0.05) is 18.4 Å². The summed E-state index contributed by atoms with van der Waals surface area (Å²) >= 11 is 0. The van der Waals surface area contributed by atoms with Gasteiger partial charge < -0.3 is 15.6 Å². The van der Waals surface area contributed by atoms with E-state index in [9.17, 15) is 0 Å². The van der Waals surface area contributed by atoms with Crippen LogP contribution in [-0.4, -0.2) is 30.5 Å². The van der Waals surface area contributed by atoms with Crippen molar-refractivity contribution in [2.75, 3.05) is 20.6 Å². The molecule has 1 aromatic rings. The molecule has 0 amide bonds. The Morgan fingerprint density at radius 2 is 2.13 bits per heavy atom. The van der Waals surface area contributed by atoms with Crippen LogP contribution >= 0.6 is 0 Å². The average molecular weight is 209 g/mol. The molecule has 0 aliphatic heterocycles. The molecule has 3 N–H and O–H groups in total. The summed E-state index contributed by atoms with van der Waals surface area (Å²) in [4.78, 5) is 5.38. The Morgan fingerprint density at radius 1 is 1.47 bits per heavy atom. The van der Waals surface area contributed by atoms with Gasteiger partial charge >= 0.3 is 0 Å². The smallest absolute Gasteiger partial charge is 0.0408 e. The molecule has 15 heavy (non-hydrogen) atoms. The van der Waals surface area contributed by atoms with E-state index in [2.05, 4.69) is 50.1 Å². The summed E-state index contributed by atoms with van der Waals surface area (Å²) in [5.74, 6) is 0. The average Bonchev–Trinajstić information content (AvgIpc) is 2.55. The predicted octanol–water partition coefficient (Wildman–Crippen LogP) is 1.99. The Labute approximate surface area is 92.7 Å². The van der Waals surface area contributed by atoms with E-state index in [0.29, 0.717) is 6.04 Å². The summed E-state index contributed by atoms with van der Waals surface area (Å²) in [7, 11) is 4.24. The zero-order valence-electron chi connectivity index (χ0n) is 10.2. The van der Waals surface area contributed by atoms with Gasteiger partial charge in [-0.15, -0.1) is 0 Å². The molecule has 1 unspecified atom stereocenters. The first kappa shape index (κ1) is 12.3. The van der Waals surface area contributed by atoms with E-state index in [4.69, 9.17) is 5.73 Å². The van der Waals surface area contributed by atoms with E-state index in [1.54, 1.807) is 0 Å². The molecule has 0 saturated carbocycles. The zero-order chi connectivity index (χ0) is 11.5. The van der Waals surface area contributed by atoms with Crippen LogP contribution in [0.2, 0.25) is 0 Å². The lowest BCUT2D eigenvalue weighted by atomic mass is 9.78. The van der Waals surface area contributed by atoms with Gasteiger partial charge in [0.1, 0.15) is 0 Å². The number of hydrogen-bond acceptors (Lipinski definition) is 2. The molecule has 3 heteroatoms. The molecule has 0 bridgehead atoms. The number of nitrogens with two attached hydrogens (primary N) is 1. The van der Waals surface area contributed by atoms with Gasteiger partial charge in [-0.3, -0.25) is 0 Å². The number of rotatable bonds is 5. The minimum atomic E-state index is 0.195. The maximum Gasteiger partial charge on any atom is 0.0408 e. The van der Waals surface area contributed by atoms with Crippen LogP contribution in [0.1, 0.15) is 31.9 Å². The fourth-order valence-electron chi connectivity index (χ4n) is 2.46. The van der Waals surface area contributed by atoms with Crippen molar-refractivity contribution in [3.8, 4) is 0 Å². The van der Waals surface area contributed by atoms with Crippen molar-refractivity contribution in [3.05, 3.63) is 24.0 Å². The van der Waals surface area contributed by atoms with Gasteiger partial charge in [0.05, 0.1) is 0 Å². The van der Waals surface area contributed by atoms with Crippen LogP contribution in [0, 0.1) is 5.41 Å². The Kier molecular flexibility index (Phi) is 3.94. The van der Waals surface area contributed by atoms with Crippen molar-refractivity contribution >= 4 is 0 Å². The van der Waals surface area contributed by atoms with E-state index in [-0.39, 0.29) is 5.41 Å². The van der Waals surface area contributed by atoms with Gasteiger partial charge in [-0.2, -0.15) is 0 Å². The van der Waals surface area contributed by atoms with Crippen LogP contribution in [0.3, 0.4) is 0 Å². The third-order valence-corrected chi connectivity index (χ3v) is 2.98. The van der Waals surface area contributed by atoms with Crippen LogP contribution < -0.4 is 5.73 Å². The quantitative estimate of drug-likeness (QED) is 0.779. The first-order valence-corrected chi connectivity index (χ1v) is 5.48. The Bertz CT molecular complexity index is 275. The SMILES string of the molecule is CN(C)C(c1cc[nH]c1)C(C)(C)CCN.